The van der Waals surface area contributed by atoms with Crippen LogP contribution >= 0.6 is 0 Å². The lowest BCUT2D eigenvalue weighted by Crippen LogP contribution is -2.45. The standard InChI is InChI=1S/C17H26N2O4S/c1-3-19-9-7-14(8-10-19)18(2)24(20,21)15-5-6-16-17(13-15)23-12-4-11-22-16/h5-6,13-14H,3-4,7-12H2,1-2H3. The van der Waals surface area contributed by atoms with Gasteiger partial charge >= 0.3 is 0 Å². The third-order valence-corrected chi connectivity index (χ3v) is 6.82. The van der Waals surface area contributed by atoms with Gasteiger partial charge in [0.2, 0.25) is 10.0 Å². The Morgan fingerprint density at radius 1 is 1.17 bits per heavy atom. The second-order valence-corrected chi connectivity index (χ2v) is 8.34. The molecular formula is C17H26N2O4S. The summed E-state index contributed by atoms with van der Waals surface area (Å²) in [5.74, 6) is 1.13. The van der Waals surface area contributed by atoms with Crippen molar-refractivity contribution in [3.63, 3.8) is 0 Å². The van der Waals surface area contributed by atoms with Crippen LogP contribution in [0.4, 0.5) is 0 Å². The van der Waals surface area contributed by atoms with E-state index in [4.69, 9.17) is 9.47 Å². The SMILES string of the molecule is CCN1CCC(N(C)S(=O)(=O)c2ccc3c(c2)OCCCO3)CC1. The summed E-state index contributed by atoms with van der Waals surface area (Å²) in [7, 11) is -1.84. The number of fused-ring (bicyclic) bond motifs is 1. The summed E-state index contributed by atoms with van der Waals surface area (Å²) in [4.78, 5) is 2.62. The first-order valence-electron chi connectivity index (χ1n) is 8.62. The fraction of sp³-hybridized carbons (Fsp3) is 0.647. The van der Waals surface area contributed by atoms with Crippen LogP contribution in [0.15, 0.2) is 23.1 Å². The van der Waals surface area contributed by atoms with E-state index in [1.54, 1.807) is 25.2 Å². The Bertz CT molecular complexity index is 669. The van der Waals surface area contributed by atoms with Gasteiger partial charge in [-0.1, -0.05) is 6.92 Å². The number of ether oxygens (including phenoxy) is 2. The van der Waals surface area contributed by atoms with Gasteiger partial charge in [0, 0.05) is 25.6 Å². The van der Waals surface area contributed by atoms with Crippen LogP contribution in [-0.4, -0.2) is 63.6 Å². The van der Waals surface area contributed by atoms with Gasteiger partial charge in [0.1, 0.15) is 0 Å². The van der Waals surface area contributed by atoms with Crippen LogP contribution in [0, 0.1) is 0 Å². The van der Waals surface area contributed by atoms with E-state index in [0.29, 0.717) is 24.7 Å². The molecule has 1 aromatic rings. The molecule has 2 heterocycles. The largest absolute Gasteiger partial charge is 0.490 e. The molecule has 0 N–H and O–H groups in total. The fourth-order valence-corrected chi connectivity index (χ4v) is 4.70. The van der Waals surface area contributed by atoms with Gasteiger partial charge in [-0.15, -0.1) is 0 Å². The number of sulfonamides is 1. The summed E-state index contributed by atoms with van der Waals surface area (Å²) in [5, 5.41) is 0. The van der Waals surface area contributed by atoms with Crippen LogP contribution < -0.4 is 9.47 Å². The number of nitrogens with zero attached hydrogens (tertiary/aromatic N) is 2. The summed E-state index contributed by atoms with van der Waals surface area (Å²) < 4.78 is 38.7. The van der Waals surface area contributed by atoms with Gasteiger partial charge in [0.25, 0.3) is 0 Å². The van der Waals surface area contributed by atoms with Crippen molar-refractivity contribution < 1.29 is 17.9 Å². The van der Waals surface area contributed by atoms with E-state index in [0.717, 1.165) is 38.9 Å². The van der Waals surface area contributed by atoms with Crippen molar-refractivity contribution >= 4 is 10.0 Å². The zero-order valence-corrected chi connectivity index (χ0v) is 15.2. The highest BCUT2D eigenvalue weighted by Gasteiger charge is 2.31. The maximum Gasteiger partial charge on any atom is 0.243 e. The molecule has 0 unspecified atom stereocenters. The van der Waals surface area contributed by atoms with Gasteiger partial charge in [-0.25, -0.2) is 8.42 Å². The van der Waals surface area contributed by atoms with E-state index in [2.05, 4.69) is 11.8 Å². The van der Waals surface area contributed by atoms with Crippen molar-refractivity contribution in [3.05, 3.63) is 18.2 Å². The molecule has 0 aliphatic carbocycles. The van der Waals surface area contributed by atoms with Crippen molar-refractivity contribution in [2.45, 2.75) is 37.1 Å². The zero-order valence-electron chi connectivity index (χ0n) is 14.4. The highest BCUT2D eigenvalue weighted by Crippen LogP contribution is 2.33. The minimum atomic E-state index is -3.53. The average Bonchev–Trinajstić information content (AvgIpc) is 2.85. The first-order valence-corrected chi connectivity index (χ1v) is 10.1. The number of benzene rings is 1. The van der Waals surface area contributed by atoms with E-state index >= 15 is 0 Å². The van der Waals surface area contributed by atoms with Crippen molar-refractivity contribution in [2.75, 3.05) is 39.9 Å². The average molecular weight is 354 g/mol. The molecule has 6 nitrogen and oxygen atoms in total. The van der Waals surface area contributed by atoms with Crippen LogP contribution in [0.5, 0.6) is 11.5 Å². The van der Waals surface area contributed by atoms with Crippen molar-refractivity contribution in [2.24, 2.45) is 0 Å². The maximum absolute atomic E-state index is 13.0. The summed E-state index contributed by atoms with van der Waals surface area (Å²) in [6, 6.07) is 4.95. The summed E-state index contributed by atoms with van der Waals surface area (Å²) in [6.07, 6.45) is 2.54. The Kier molecular flexibility index (Phi) is 5.32. The van der Waals surface area contributed by atoms with Crippen LogP contribution in [0.2, 0.25) is 0 Å². The molecule has 1 saturated heterocycles. The number of piperidine rings is 1. The highest BCUT2D eigenvalue weighted by atomic mass is 32.2. The third kappa shape index (κ3) is 3.53. The molecule has 0 amide bonds. The maximum atomic E-state index is 13.0. The lowest BCUT2D eigenvalue weighted by Gasteiger charge is -2.35. The Hall–Kier alpha value is -1.31. The van der Waals surface area contributed by atoms with E-state index in [-0.39, 0.29) is 10.9 Å². The number of hydrogen-bond acceptors (Lipinski definition) is 5. The molecule has 0 saturated carbocycles. The lowest BCUT2D eigenvalue weighted by atomic mass is 10.1. The number of rotatable bonds is 4. The van der Waals surface area contributed by atoms with Gasteiger partial charge in [-0.2, -0.15) is 4.31 Å². The van der Waals surface area contributed by atoms with Gasteiger partial charge in [-0.3, -0.25) is 0 Å². The molecule has 2 aliphatic rings. The minimum Gasteiger partial charge on any atom is -0.490 e. The molecule has 24 heavy (non-hydrogen) atoms. The predicted octanol–water partition coefficient (Wildman–Crippen LogP) is 1.95. The van der Waals surface area contributed by atoms with Crippen molar-refractivity contribution in [1.29, 1.82) is 0 Å². The summed E-state index contributed by atoms with van der Waals surface area (Å²) in [5.41, 5.74) is 0. The monoisotopic (exact) mass is 354 g/mol. The van der Waals surface area contributed by atoms with Crippen molar-refractivity contribution in [1.82, 2.24) is 9.21 Å². The van der Waals surface area contributed by atoms with Gasteiger partial charge < -0.3 is 14.4 Å². The normalized spacial score (nSPS) is 20.1. The van der Waals surface area contributed by atoms with E-state index in [1.165, 1.54) is 4.31 Å². The first-order chi connectivity index (χ1) is 11.5. The van der Waals surface area contributed by atoms with Crippen LogP contribution in [0.3, 0.4) is 0 Å². The molecule has 0 atom stereocenters. The molecule has 7 heteroatoms. The second kappa shape index (κ2) is 7.29. The molecule has 0 aromatic heterocycles. The second-order valence-electron chi connectivity index (χ2n) is 6.35. The molecule has 0 spiro atoms. The Morgan fingerprint density at radius 2 is 1.83 bits per heavy atom. The summed E-state index contributed by atoms with van der Waals surface area (Å²) >= 11 is 0. The molecule has 0 radical (unpaired) electrons. The lowest BCUT2D eigenvalue weighted by molar-refractivity contribution is 0.176. The third-order valence-electron chi connectivity index (χ3n) is 4.91. The molecule has 1 fully saturated rings. The Balaban J connectivity index is 1.78. The highest BCUT2D eigenvalue weighted by molar-refractivity contribution is 7.89. The van der Waals surface area contributed by atoms with Gasteiger partial charge in [-0.05, 0) is 44.6 Å². The van der Waals surface area contributed by atoms with Gasteiger partial charge in [0.15, 0.2) is 11.5 Å². The fourth-order valence-electron chi connectivity index (χ4n) is 3.27. The van der Waals surface area contributed by atoms with Crippen LogP contribution in [0.1, 0.15) is 26.2 Å². The van der Waals surface area contributed by atoms with E-state index < -0.39 is 10.0 Å². The Labute approximate surface area is 144 Å². The molecule has 0 bridgehead atoms. The molecule has 1 aromatic carbocycles. The number of likely N-dealkylation sites (tertiary alicyclic amines) is 1. The zero-order chi connectivity index (χ0) is 17.2. The molecular weight excluding hydrogens is 328 g/mol. The predicted molar refractivity (Wildman–Crippen MR) is 92.1 cm³/mol. The summed E-state index contributed by atoms with van der Waals surface area (Å²) in [6.45, 7) is 6.19. The van der Waals surface area contributed by atoms with Crippen LogP contribution in [-0.2, 0) is 10.0 Å². The van der Waals surface area contributed by atoms with E-state index in [1.807, 2.05) is 0 Å². The minimum absolute atomic E-state index is 0.0498. The van der Waals surface area contributed by atoms with Crippen molar-refractivity contribution in [3.8, 4) is 11.5 Å². The Morgan fingerprint density at radius 3 is 2.50 bits per heavy atom. The quantitative estimate of drug-likeness (QED) is 0.827. The van der Waals surface area contributed by atoms with E-state index in [9.17, 15) is 8.42 Å². The smallest absolute Gasteiger partial charge is 0.243 e. The molecule has 2 aliphatic heterocycles. The topological polar surface area (TPSA) is 59.1 Å². The number of hydrogen-bond donors (Lipinski definition) is 0. The van der Waals surface area contributed by atoms with Crippen LogP contribution in [0.25, 0.3) is 0 Å². The first kappa shape index (κ1) is 17.5. The van der Waals surface area contributed by atoms with Gasteiger partial charge in [0.05, 0.1) is 18.1 Å². The molecule has 134 valence electrons. The molecule has 3 rings (SSSR count).